The predicted octanol–water partition coefficient (Wildman–Crippen LogP) is 7.26. The van der Waals surface area contributed by atoms with Crippen molar-refractivity contribution in [1.29, 1.82) is 0 Å². The Kier molecular flexibility index (Phi) is 10.4. The lowest BCUT2D eigenvalue weighted by Gasteiger charge is -2.19. The molecule has 3 amide bonds. The molecule has 0 aliphatic carbocycles. The zero-order chi connectivity index (χ0) is 32.7. The lowest BCUT2D eigenvalue weighted by molar-refractivity contribution is -0.570. The number of anilines is 1. The van der Waals surface area contributed by atoms with Crippen LogP contribution in [0.15, 0.2) is 97.1 Å². The monoisotopic (exact) mass is 633 g/mol. The van der Waals surface area contributed by atoms with Gasteiger partial charge in [0, 0.05) is 11.3 Å². The van der Waals surface area contributed by atoms with E-state index in [0.717, 1.165) is 40.7 Å². The molecular formula is C38H41N4O3S+. The molecular weight excluding hydrogens is 593 g/mol. The minimum atomic E-state index is -0.790. The van der Waals surface area contributed by atoms with E-state index in [-0.39, 0.29) is 22.2 Å². The number of aromatic nitrogens is 1. The summed E-state index contributed by atoms with van der Waals surface area (Å²) < 4.78 is 0.753. The van der Waals surface area contributed by atoms with Crippen LogP contribution in [0.1, 0.15) is 84.3 Å². The van der Waals surface area contributed by atoms with E-state index in [1.54, 1.807) is 17.4 Å². The van der Waals surface area contributed by atoms with Gasteiger partial charge in [-0.15, -0.1) is 11.3 Å². The van der Waals surface area contributed by atoms with Gasteiger partial charge in [0.15, 0.2) is 11.0 Å². The second kappa shape index (κ2) is 14.6. The van der Waals surface area contributed by atoms with Crippen LogP contribution in [0.25, 0.3) is 21.3 Å². The van der Waals surface area contributed by atoms with Crippen LogP contribution in [0, 0.1) is 0 Å². The Morgan fingerprint density at radius 2 is 1.57 bits per heavy atom. The van der Waals surface area contributed by atoms with Gasteiger partial charge in [-0.2, -0.15) is 0 Å². The molecule has 0 radical (unpaired) electrons. The molecule has 0 spiro atoms. The van der Waals surface area contributed by atoms with Gasteiger partial charge in [-0.3, -0.25) is 14.9 Å². The first kappa shape index (κ1) is 32.7. The number of quaternary nitrogens is 1. The number of nitrogens with zero attached hydrogens (tertiary/aromatic N) is 1. The smallest absolute Gasteiger partial charge is 0.331 e. The van der Waals surface area contributed by atoms with Gasteiger partial charge < -0.3 is 10.6 Å². The number of rotatable bonds is 11. The number of benzene rings is 4. The molecule has 1 aromatic heterocycles. The van der Waals surface area contributed by atoms with Crippen LogP contribution in [0.4, 0.5) is 5.69 Å². The molecule has 0 saturated carbocycles. The highest BCUT2D eigenvalue weighted by Crippen LogP contribution is 2.30. The molecule has 5 aromatic rings. The van der Waals surface area contributed by atoms with E-state index in [4.69, 9.17) is 0 Å². The standard InChI is InChI=1S/C38H40N4O3S/c1-5-6-12-23-39-35(44)33(26-13-8-7-9-14-26)42-36(45)37-41-31-22-21-28(24-32(31)46-37)40-34(43)30-16-11-10-15-29(30)25-17-19-27(20-18-25)38(2,3)4/h7-11,13-22,24,33H,5-6,12,23H2,1-4H3,(H,39,44)(H,40,43)(H,42,45)/p+1/t33-/m0/s1. The fourth-order valence-electron chi connectivity index (χ4n) is 5.29. The van der Waals surface area contributed by atoms with Crippen molar-refractivity contribution >= 4 is 45.0 Å². The summed E-state index contributed by atoms with van der Waals surface area (Å²) in [6.45, 7) is 9.33. The molecule has 7 nitrogen and oxygen atoms in total. The number of carbonyl (C=O) groups excluding carboxylic acids is 3. The second-order valence-corrected chi connectivity index (χ2v) is 13.5. The minimum absolute atomic E-state index is 0.0405. The Bertz CT molecular complexity index is 1820. The van der Waals surface area contributed by atoms with Crippen molar-refractivity contribution in [1.82, 2.24) is 10.3 Å². The number of fused-ring (bicyclic) bond motifs is 1. The molecule has 0 aliphatic rings. The Morgan fingerprint density at radius 1 is 0.848 bits per heavy atom. The number of amides is 3. The highest BCUT2D eigenvalue weighted by molar-refractivity contribution is 7.20. The van der Waals surface area contributed by atoms with Gasteiger partial charge in [-0.1, -0.05) is 107 Å². The maximum absolute atomic E-state index is 13.5. The Morgan fingerprint density at radius 3 is 2.28 bits per heavy atom. The average Bonchev–Trinajstić information content (AvgIpc) is 3.49. The quantitative estimate of drug-likeness (QED) is 0.133. The third-order valence-corrected chi connectivity index (χ3v) is 8.94. The van der Waals surface area contributed by atoms with Crippen molar-refractivity contribution in [2.75, 3.05) is 11.9 Å². The van der Waals surface area contributed by atoms with E-state index < -0.39 is 11.9 Å². The molecule has 4 aromatic carbocycles. The molecule has 8 heteroatoms. The summed E-state index contributed by atoms with van der Waals surface area (Å²) in [5, 5.41) is 7.87. The fourth-order valence-corrected chi connectivity index (χ4v) is 6.20. The Balaban J connectivity index is 1.32. The summed E-state index contributed by atoms with van der Waals surface area (Å²) in [6.07, 6.45) is 3.06. The normalized spacial score (nSPS) is 12.1. The summed E-state index contributed by atoms with van der Waals surface area (Å²) in [7, 11) is 0. The summed E-state index contributed by atoms with van der Waals surface area (Å²) in [4.78, 5) is 44.6. The molecule has 0 saturated heterocycles. The summed E-state index contributed by atoms with van der Waals surface area (Å²) >= 11 is 1.22. The maximum atomic E-state index is 13.5. The predicted molar refractivity (Wildman–Crippen MR) is 186 cm³/mol. The van der Waals surface area contributed by atoms with Gasteiger partial charge in [0.2, 0.25) is 0 Å². The number of carbonyl (C=O) groups is 3. The topological polar surface area (TPSA) is 105 Å². The van der Waals surface area contributed by atoms with Crippen molar-refractivity contribution in [3.8, 4) is 11.1 Å². The van der Waals surface area contributed by atoms with Crippen LogP contribution in [-0.2, 0) is 10.2 Å². The molecule has 1 atom stereocenters. The molecule has 1 heterocycles. The number of thiazole rings is 1. The molecule has 0 unspecified atom stereocenters. The molecule has 5 rings (SSSR count). The zero-order valence-electron chi connectivity index (χ0n) is 26.8. The third-order valence-electron chi connectivity index (χ3n) is 7.92. The zero-order valence-corrected chi connectivity index (χ0v) is 27.6. The number of unbranched alkanes of at least 4 members (excludes halogenated alkanes) is 2. The van der Waals surface area contributed by atoms with E-state index >= 15 is 0 Å². The van der Waals surface area contributed by atoms with Gasteiger partial charge in [-0.05, 0) is 64.8 Å². The van der Waals surface area contributed by atoms with Crippen molar-refractivity contribution < 1.29 is 19.7 Å². The molecule has 4 N–H and O–H groups in total. The van der Waals surface area contributed by atoms with Crippen LogP contribution < -0.4 is 16.0 Å². The highest BCUT2D eigenvalue weighted by atomic mass is 32.1. The number of primary amides is 1. The summed E-state index contributed by atoms with van der Waals surface area (Å²) in [5.74, 6) is -0.772. The van der Waals surface area contributed by atoms with Crippen LogP contribution in [0.5, 0.6) is 0 Å². The van der Waals surface area contributed by atoms with Crippen molar-refractivity contribution in [3.05, 3.63) is 119 Å². The number of nitrogens with one attached hydrogen (secondary N) is 2. The molecule has 236 valence electrons. The van der Waals surface area contributed by atoms with Crippen LogP contribution in [0.3, 0.4) is 0 Å². The average molecular weight is 634 g/mol. The first-order chi connectivity index (χ1) is 22.1. The van der Waals surface area contributed by atoms with Crippen molar-refractivity contribution in [2.45, 2.75) is 58.4 Å². The maximum Gasteiger partial charge on any atom is 0.337 e. The van der Waals surface area contributed by atoms with Crippen LogP contribution in [-0.4, -0.2) is 29.3 Å². The highest BCUT2D eigenvalue weighted by Gasteiger charge is 2.27. The van der Waals surface area contributed by atoms with E-state index in [2.05, 4.69) is 67.6 Å². The van der Waals surface area contributed by atoms with E-state index in [9.17, 15) is 14.4 Å². The lowest BCUT2D eigenvalue weighted by Crippen LogP contribution is -2.90. The first-order valence-corrected chi connectivity index (χ1v) is 16.6. The Hall–Kier alpha value is -4.66. The molecule has 0 fully saturated rings. The molecule has 0 bridgehead atoms. The van der Waals surface area contributed by atoms with Crippen LogP contribution in [0.2, 0.25) is 0 Å². The lowest BCUT2D eigenvalue weighted by atomic mass is 9.86. The second-order valence-electron chi connectivity index (χ2n) is 12.4. The molecule has 0 aliphatic heterocycles. The van der Waals surface area contributed by atoms with Gasteiger partial charge in [-0.25, -0.2) is 9.78 Å². The minimum Gasteiger partial charge on any atom is -0.331 e. The van der Waals surface area contributed by atoms with Gasteiger partial charge in [0.25, 0.3) is 11.8 Å². The Labute approximate surface area is 274 Å². The summed E-state index contributed by atoms with van der Waals surface area (Å²) in [6, 6.07) is 29.8. The van der Waals surface area contributed by atoms with Crippen molar-refractivity contribution in [3.63, 3.8) is 0 Å². The van der Waals surface area contributed by atoms with E-state index in [0.29, 0.717) is 23.3 Å². The van der Waals surface area contributed by atoms with Crippen LogP contribution >= 0.6 is 11.3 Å². The largest absolute Gasteiger partial charge is 0.337 e. The van der Waals surface area contributed by atoms with E-state index in [1.165, 1.54) is 16.9 Å². The SMILES string of the molecule is CCCCC[NH2+]C(=O)[C@@H](NC(=O)c1nc2ccc(NC(=O)c3ccccc3-c3ccc(C(C)(C)C)cc3)cc2s1)c1ccccc1. The summed E-state index contributed by atoms with van der Waals surface area (Å²) in [5.41, 5.74) is 5.63. The number of hydrogen-bond acceptors (Lipinski definition) is 5. The van der Waals surface area contributed by atoms with Gasteiger partial charge in [0.1, 0.15) is 0 Å². The third kappa shape index (κ3) is 7.94. The van der Waals surface area contributed by atoms with Crippen molar-refractivity contribution in [2.24, 2.45) is 0 Å². The van der Waals surface area contributed by atoms with Gasteiger partial charge >= 0.3 is 5.91 Å². The van der Waals surface area contributed by atoms with E-state index in [1.807, 2.05) is 60.7 Å². The number of nitrogens with two attached hydrogens (primary N) is 1. The molecule has 46 heavy (non-hydrogen) atoms. The first-order valence-electron chi connectivity index (χ1n) is 15.8. The van der Waals surface area contributed by atoms with Gasteiger partial charge in [0.05, 0.1) is 16.8 Å². The fraction of sp³-hybridized carbons (Fsp3) is 0.263. The number of hydrogen-bond donors (Lipinski definition) is 3.